The predicted octanol–water partition coefficient (Wildman–Crippen LogP) is 2.00. The molecule has 4 nitrogen and oxygen atoms in total. The summed E-state index contributed by atoms with van der Waals surface area (Å²) >= 11 is 0. The molecule has 3 rings (SSSR count). The molecule has 1 aliphatic rings. The second kappa shape index (κ2) is 3.33. The molecular formula is C11H9F2N3O. The molecule has 2 unspecified atom stereocenters. The molecule has 1 fully saturated rings. The van der Waals surface area contributed by atoms with Gasteiger partial charge in [0.05, 0.1) is 0 Å². The smallest absolute Gasteiger partial charge is 0.191 e. The molecule has 17 heavy (non-hydrogen) atoms. The molecule has 0 spiro atoms. The third kappa shape index (κ3) is 1.52. The lowest BCUT2D eigenvalue weighted by molar-refractivity contribution is 0.223. The first-order valence-electron chi connectivity index (χ1n) is 5.09. The van der Waals surface area contributed by atoms with Gasteiger partial charge in [0.2, 0.25) is 0 Å². The third-order valence-electron chi connectivity index (χ3n) is 2.90. The normalized spacial score (nSPS) is 27.1. The van der Waals surface area contributed by atoms with E-state index in [1.807, 2.05) is 0 Å². The molecule has 0 radical (unpaired) electrons. The average Bonchev–Trinajstić information content (AvgIpc) is 2.78. The van der Waals surface area contributed by atoms with Crippen LogP contribution in [0.5, 0.6) is 0 Å². The SMILES string of the molecule is CC1(n2cncn2)OC1c1ccc(F)cc1F. The zero-order chi connectivity index (χ0) is 12.0. The molecule has 2 atom stereocenters. The number of rotatable bonds is 2. The van der Waals surface area contributed by atoms with E-state index in [1.54, 1.807) is 6.92 Å². The van der Waals surface area contributed by atoms with E-state index in [9.17, 15) is 8.78 Å². The summed E-state index contributed by atoms with van der Waals surface area (Å²) in [6, 6.07) is 3.44. The minimum atomic E-state index is -0.741. The van der Waals surface area contributed by atoms with Crippen LogP contribution in [0.25, 0.3) is 0 Å². The number of hydrogen-bond acceptors (Lipinski definition) is 3. The van der Waals surface area contributed by atoms with Gasteiger partial charge in [-0.05, 0) is 13.0 Å². The van der Waals surface area contributed by atoms with Crippen molar-refractivity contribution in [3.8, 4) is 0 Å². The molecule has 2 aromatic rings. The number of epoxide rings is 1. The van der Waals surface area contributed by atoms with E-state index in [4.69, 9.17) is 4.74 Å². The summed E-state index contributed by atoms with van der Waals surface area (Å²) in [4.78, 5) is 3.81. The number of hydrogen-bond donors (Lipinski definition) is 0. The van der Waals surface area contributed by atoms with Crippen LogP contribution in [0.1, 0.15) is 18.6 Å². The van der Waals surface area contributed by atoms with E-state index in [1.165, 1.54) is 29.5 Å². The van der Waals surface area contributed by atoms with Gasteiger partial charge in [0.15, 0.2) is 5.72 Å². The predicted molar refractivity (Wildman–Crippen MR) is 53.9 cm³/mol. The van der Waals surface area contributed by atoms with Crippen LogP contribution in [-0.2, 0) is 10.5 Å². The number of halogens is 2. The molecule has 2 heterocycles. The van der Waals surface area contributed by atoms with Crippen molar-refractivity contribution in [1.82, 2.24) is 14.8 Å². The highest BCUT2D eigenvalue weighted by Crippen LogP contribution is 2.53. The first kappa shape index (κ1) is 10.3. The summed E-state index contributed by atoms with van der Waals surface area (Å²) in [5, 5.41) is 3.96. The number of aromatic nitrogens is 3. The quantitative estimate of drug-likeness (QED) is 0.750. The van der Waals surface area contributed by atoms with Crippen molar-refractivity contribution in [1.29, 1.82) is 0 Å². The lowest BCUT2D eigenvalue weighted by Crippen LogP contribution is -2.16. The van der Waals surface area contributed by atoms with Gasteiger partial charge in [-0.2, -0.15) is 5.10 Å². The number of ether oxygens (including phenoxy) is 1. The standard InChI is InChI=1S/C11H9F2N3O/c1-11(16-6-14-5-15-16)10(17-11)8-3-2-7(12)4-9(8)13/h2-6,10H,1H3. The molecule has 1 aromatic carbocycles. The molecule has 1 aliphatic heterocycles. The zero-order valence-electron chi connectivity index (χ0n) is 8.97. The van der Waals surface area contributed by atoms with Crippen LogP contribution in [0.2, 0.25) is 0 Å². The number of nitrogens with zero attached hydrogens (tertiary/aromatic N) is 3. The van der Waals surface area contributed by atoms with Crippen LogP contribution in [-0.4, -0.2) is 14.8 Å². The van der Waals surface area contributed by atoms with Gasteiger partial charge >= 0.3 is 0 Å². The molecule has 0 aliphatic carbocycles. The molecule has 1 saturated heterocycles. The van der Waals surface area contributed by atoms with E-state index >= 15 is 0 Å². The van der Waals surface area contributed by atoms with Crippen LogP contribution in [0.4, 0.5) is 8.78 Å². The van der Waals surface area contributed by atoms with Gasteiger partial charge in [-0.3, -0.25) is 0 Å². The summed E-state index contributed by atoms with van der Waals surface area (Å²) in [7, 11) is 0. The molecule has 0 amide bonds. The second-order valence-electron chi connectivity index (χ2n) is 4.06. The average molecular weight is 237 g/mol. The van der Waals surface area contributed by atoms with Gasteiger partial charge < -0.3 is 4.74 Å². The highest BCUT2D eigenvalue weighted by Gasteiger charge is 2.57. The van der Waals surface area contributed by atoms with Crippen molar-refractivity contribution in [2.45, 2.75) is 18.8 Å². The first-order chi connectivity index (χ1) is 8.11. The highest BCUT2D eigenvalue weighted by atomic mass is 19.1. The molecule has 6 heteroatoms. The zero-order valence-corrected chi connectivity index (χ0v) is 8.97. The Morgan fingerprint density at radius 3 is 2.88 bits per heavy atom. The fraction of sp³-hybridized carbons (Fsp3) is 0.273. The molecule has 88 valence electrons. The lowest BCUT2D eigenvalue weighted by atomic mass is 10.1. The van der Waals surface area contributed by atoms with Crippen LogP contribution in [0, 0.1) is 11.6 Å². The van der Waals surface area contributed by atoms with E-state index in [2.05, 4.69) is 10.1 Å². The summed E-state index contributed by atoms with van der Waals surface area (Å²) < 4.78 is 33.3. The summed E-state index contributed by atoms with van der Waals surface area (Å²) in [6.07, 6.45) is 2.41. The van der Waals surface area contributed by atoms with Crippen molar-refractivity contribution in [3.05, 3.63) is 48.1 Å². The minimum Gasteiger partial charge on any atom is -0.338 e. The van der Waals surface area contributed by atoms with Crippen molar-refractivity contribution in [3.63, 3.8) is 0 Å². The minimum absolute atomic E-state index is 0.324. The Bertz CT molecular complexity index is 558. The van der Waals surface area contributed by atoms with Gasteiger partial charge in [0, 0.05) is 11.6 Å². The fourth-order valence-corrected chi connectivity index (χ4v) is 1.88. The van der Waals surface area contributed by atoms with Crippen LogP contribution in [0.3, 0.4) is 0 Å². The van der Waals surface area contributed by atoms with Crippen molar-refractivity contribution in [2.24, 2.45) is 0 Å². The molecule has 0 saturated carbocycles. The molecular weight excluding hydrogens is 228 g/mol. The van der Waals surface area contributed by atoms with E-state index in [0.717, 1.165) is 6.07 Å². The molecule has 0 bridgehead atoms. The Balaban J connectivity index is 1.94. The summed E-state index contributed by atoms with van der Waals surface area (Å²) in [5.41, 5.74) is -0.417. The van der Waals surface area contributed by atoms with Gasteiger partial charge in [-0.15, -0.1) is 0 Å². The molecule has 1 aromatic heterocycles. The monoisotopic (exact) mass is 237 g/mol. The van der Waals surface area contributed by atoms with Gasteiger partial charge in [-0.1, -0.05) is 6.07 Å². The van der Waals surface area contributed by atoms with Crippen molar-refractivity contribution < 1.29 is 13.5 Å². The van der Waals surface area contributed by atoms with Crippen molar-refractivity contribution in [2.75, 3.05) is 0 Å². The van der Waals surface area contributed by atoms with Gasteiger partial charge in [0.1, 0.15) is 30.4 Å². The van der Waals surface area contributed by atoms with E-state index in [-0.39, 0.29) is 0 Å². The maximum absolute atomic E-state index is 13.6. The maximum Gasteiger partial charge on any atom is 0.191 e. The maximum atomic E-state index is 13.6. The number of benzene rings is 1. The van der Waals surface area contributed by atoms with Crippen LogP contribution >= 0.6 is 0 Å². The Morgan fingerprint density at radius 1 is 1.41 bits per heavy atom. The Hall–Kier alpha value is -1.82. The fourth-order valence-electron chi connectivity index (χ4n) is 1.88. The third-order valence-corrected chi connectivity index (χ3v) is 2.90. The molecule has 0 N–H and O–H groups in total. The van der Waals surface area contributed by atoms with E-state index < -0.39 is 23.5 Å². The second-order valence-corrected chi connectivity index (χ2v) is 4.06. The Labute approximate surface area is 95.8 Å². The Kier molecular flexibility index (Phi) is 2.03. The van der Waals surface area contributed by atoms with Crippen LogP contribution < -0.4 is 0 Å². The largest absolute Gasteiger partial charge is 0.338 e. The van der Waals surface area contributed by atoms with Gasteiger partial charge in [0.25, 0.3) is 0 Å². The lowest BCUT2D eigenvalue weighted by Gasteiger charge is -2.06. The van der Waals surface area contributed by atoms with Gasteiger partial charge in [-0.25, -0.2) is 18.4 Å². The topological polar surface area (TPSA) is 43.2 Å². The van der Waals surface area contributed by atoms with Crippen LogP contribution in [0.15, 0.2) is 30.9 Å². The summed E-state index contributed by atoms with van der Waals surface area (Å²) in [6.45, 7) is 1.77. The van der Waals surface area contributed by atoms with E-state index in [0.29, 0.717) is 5.56 Å². The summed E-state index contributed by atoms with van der Waals surface area (Å²) in [5.74, 6) is -1.21. The highest BCUT2D eigenvalue weighted by molar-refractivity contribution is 5.26. The Morgan fingerprint density at radius 2 is 2.24 bits per heavy atom. The first-order valence-corrected chi connectivity index (χ1v) is 5.09. The van der Waals surface area contributed by atoms with Crippen molar-refractivity contribution >= 4 is 0 Å².